The van der Waals surface area contributed by atoms with E-state index in [2.05, 4.69) is 215 Å². The first-order valence-electron chi connectivity index (χ1n) is 19.8. The molecule has 0 saturated carbocycles. The molecule has 0 saturated heterocycles. The van der Waals surface area contributed by atoms with Crippen LogP contribution in [0.2, 0.25) is 0 Å². The summed E-state index contributed by atoms with van der Waals surface area (Å²) in [5, 5.41) is 5.11. The summed E-state index contributed by atoms with van der Waals surface area (Å²) in [5.41, 5.74) is 20.1. The summed E-state index contributed by atoms with van der Waals surface area (Å²) < 4.78 is 4.92. The minimum Gasteiger partial charge on any atom is -0.309 e. The summed E-state index contributed by atoms with van der Waals surface area (Å²) in [5.74, 6) is 0. The predicted molar refractivity (Wildman–Crippen MR) is 240 cm³/mol. The lowest BCUT2D eigenvalue weighted by atomic mass is 9.97. The molecule has 0 N–H and O–H groups in total. The lowest BCUT2D eigenvalue weighted by Gasteiger charge is -2.13. The van der Waals surface area contributed by atoms with Crippen LogP contribution < -0.4 is 0 Å². The van der Waals surface area contributed by atoms with Gasteiger partial charge in [-0.05, 0) is 104 Å². The summed E-state index contributed by atoms with van der Waals surface area (Å²) in [6, 6.07) is 75.8. The van der Waals surface area contributed by atoms with Gasteiger partial charge in [0.25, 0.3) is 0 Å². The van der Waals surface area contributed by atoms with E-state index in [4.69, 9.17) is 0 Å². The zero-order valence-corrected chi connectivity index (χ0v) is 31.2. The van der Waals surface area contributed by atoms with Crippen molar-refractivity contribution in [2.75, 3.05) is 0 Å². The molecule has 12 rings (SSSR count). The summed E-state index contributed by atoms with van der Waals surface area (Å²) in [7, 11) is 0. The van der Waals surface area contributed by atoms with Gasteiger partial charge in [0.05, 0.1) is 27.8 Å². The van der Waals surface area contributed by atoms with Gasteiger partial charge in [-0.3, -0.25) is 0 Å². The van der Waals surface area contributed by atoms with Crippen molar-refractivity contribution in [1.82, 2.24) is 9.13 Å². The molecule has 0 bridgehead atoms. The second-order valence-corrected chi connectivity index (χ2v) is 15.3. The highest BCUT2D eigenvalue weighted by atomic mass is 15.0. The fourth-order valence-corrected chi connectivity index (χ4v) is 9.47. The molecule has 0 unspecified atom stereocenters. The Balaban J connectivity index is 0.921. The molecule has 0 aliphatic heterocycles. The molecule has 1 aliphatic carbocycles. The summed E-state index contributed by atoms with van der Waals surface area (Å²) in [6.07, 6.45) is 0.913. The number of rotatable bonds is 5. The number of nitrogens with zero attached hydrogens (tertiary/aromatic N) is 2. The van der Waals surface area contributed by atoms with E-state index in [0.717, 1.165) is 6.42 Å². The van der Waals surface area contributed by atoms with E-state index in [1.54, 1.807) is 0 Å². The smallest absolute Gasteiger partial charge is 0.0541 e. The van der Waals surface area contributed by atoms with Gasteiger partial charge in [0.2, 0.25) is 0 Å². The molecule has 266 valence electrons. The van der Waals surface area contributed by atoms with Crippen molar-refractivity contribution in [2.45, 2.75) is 6.42 Å². The molecule has 0 atom stereocenters. The molecule has 9 aromatic carbocycles. The number of benzene rings is 9. The molecule has 11 aromatic rings. The fraction of sp³-hybridized carbons (Fsp3) is 0.0182. The zero-order valence-electron chi connectivity index (χ0n) is 31.2. The molecule has 0 radical (unpaired) electrons. The Bertz CT molecular complexity index is 3290. The minimum atomic E-state index is 0.913. The van der Waals surface area contributed by atoms with Crippen LogP contribution in [0.5, 0.6) is 0 Å². The van der Waals surface area contributed by atoms with E-state index in [-0.39, 0.29) is 0 Å². The molecule has 2 aromatic heterocycles. The maximum atomic E-state index is 2.47. The van der Waals surface area contributed by atoms with Crippen molar-refractivity contribution < 1.29 is 0 Å². The third-order valence-corrected chi connectivity index (χ3v) is 12.2. The average Bonchev–Trinajstić information content (AvgIpc) is 3.94. The highest BCUT2D eigenvalue weighted by Crippen LogP contribution is 2.44. The SMILES string of the molecule is c1ccc(-c2ccc(-c3ccc(-c4ccc5c(c4)c4ccccc4n5-c4ccc5c(c4)-c4cccc(-n6c7ccccc7c7ccccc76)c4C5)cc3)cc2)cc1. The number of aromatic nitrogens is 2. The molecule has 1 aliphatic rings. The van der Waals surface area contributed by atoms with E-state index >= 15 is 0 Å². The van der Waals surface area contributed by atoms with Crippen molar-refractivity contribution in [3.05, 3.63) is 217 Å². The Kier molecular flexibility index (Phi) is 7.02. The minimum absolute atomic E-state index is 0.913. The van der Waals surface area contributed by atoms with Crippen molar-refractivity contribution in [1.29, 1.82) is 0 Å². The monoisotopic (exact) mass is 724 g/mol. The molecular weight excluding hydrogens is 689 g/mol. The normalized spacial score (nSPS) is 12.1. The van der Waals surface area contributed by atoms with Gasteiger partial charge in [-0.15, -0.1) is 0 Å². The second kappa shape index (κ2) is 12.6. The quantitative estimate of drug-likeness (QED) is 0.167. The van der Waals surface area contributed by atoms with Gasteiger partial charge in [0, 0.05) is 33.7 Å². The topological polar surface area (TPSA) is 9.86 Å². The first kappa shape index (κ1) is 31.9. The second-order valence-electron chi connectivity index (χ2n) is 15.3. The lowest BCUT2D eigenvalue weighted by Crippen LogP contribution is -1.98. The molecule has 0 spiro atoms. The van der Waals surface area contributed by atoms with Crippen molar-refractivity contribution >= 4 is 43.6 Å². The van der Waals surface area contributed by atoms with Crippen LogP contribution in [0, 0.1) is 0 Å². The molecule has 57 heavy (non-hydrogen) atoms. The Morgan fingerprint density at radius 3 is 1.42 bits per heavy atom. The predicted octanol–water partition coefficient (Wildman–Crippen LogP) is 14.5. The van der Waals surface area contributed by atoms with Crippen LogP contribution in [-0.2, 0) is 6.42 Å². The summed E-state index contributed by atoms with van der Waals surface area (Å²) >= 11 is 0. The van der Waals surface area contributed by atoms with Crippen molar-refractivity contribution in [2.24, 2.45) is 0 Å². The lowest BCUT2D eigenvalue weighted by molar-refractivity contribution is 1.12. The Morgan fingerprint density at radius 2 is 0.789 bits per heavy atom. The van der Waals surface area contributed by atoms with Crippen LogP contribution in [0.3, 0.4) is 0 Å². The summed E-state index contributed by atoms with van der Waals surface area (Å²) in [4.78, 5) is 0. The van der Waals surface area contributed by atoms with E-state index in [1.165, 1.54) is 111 Å². The maximum absolute atomic E-state index is 2.47. The van der Waals surface area contributed by atoms with Gasteiger partial charge in [-0.25, -0.2) is 0 Å². The van der Waals surface area contributed by atoms with Crippen LogP contribution in [-0.4, -0.2) is 9.13 Å². The number of hydrogen-bond donors (Lipinski definition) is 0. The van der Waals surface area contributed by atoms with Crippen LogP contribution >= 0.6 is 0 Å². The van der Waals surface area contributed by atoms with E-state index in [0.29, 0.717) is 0 Å². The van der Waals surface area contributed by atoms with E-state index < -0.39 is 0 Å². The molecule has 0 amide bonds. The molecule has 2 heterocycles. The highest BCUT2D eigenvalue weighted by molar-refractivity contribution is 6.11. The van der Waals surface area contributed by atoms with Gasteiger partial charge >= 0.3 is 0 Å². The third kappa shape index (κ3) is 4.97. The van der Waals surface area contributed by atoms with Gasteiger partial charge in [-0.2, -0.15) is 0 Å². The largest absolute Gasteiger partial charge is 0.309 e. The van der Waals surface area contributed by atoms with Crippen LogP contribution in [0.1, 0.15) is 11.1 Å². The summed E-state index contributed by atoms with van der Waals surface area (Å²) in [6.45, 7) is 0. The fourth-order valence-electron chi connectivity index (χ4n) is 9.47. The van der Waals surface area contributed by atoms with Crippen LogP contribution in [0.15, 0.2) is 206 Å². The van der Waals surface area contributed by atoms with E-state index in [1.807, 2.05) is 0 Å². The number of para-hydroxylation sites is 3. The average molecular weight is 725 g/mol. The van der Waals surface area contributed by atoms with Crippen LogP contribution in [0.4, 0.5) is 0 Å². The van der Waals surface area contributed by atoms with Crippen molar-refractivity contribution in [3.8, 4) is 55.9 Å². The molecular formula is C55H36N2. The van der Waals surface area contributed by atoms with Crippen molar-refractivity contribution in [3.63, 3.8) is 0 Å². The third-order valence-electron chi connectivity index (χ3n) is 12.2. The van der Waals surface area contributed by atoms with Gasteiger partial charge in [-0.1, -0.05) is 158 Å². The van der Waals surface area contributed by atoms with Gasteiger partial charge in [0.1, 0.15) is 0 Å². The zero-order chi connectivity index (χ0) is 37.5. The number of hydrogen-bond acceptors (Lipinski definition) is 0. The van der Waals surface area contributed by atoms with Gasteiger partial charge < -0.3 is 9.13 Å². The maximum Gasteiger partial charge on any atom is 0.0541 e. The standard InChI is InChI=1S/C55H36N2/c1-2-11-36(12-3-1)37-21-23-38(24-22-37)39-25-27-40(28-26-39)41-30-32-55-50(33-41)47-15-6-7-17-51(47)56(55)43-31-29-42-34-49-44(48(42)35-43)16-10-20-54(49)57-52-18-8-4-13-45(52)46-14-5-9-19-53(46)57/h1-33,35H,34H2. The highest BCUT2D eigenvalue weighted by Gasteiger charge is 2.25. The van der Waals surface area contributed by atoms with E-state index in [9.17, 15) is 0 Å². The first-order chi connectivity index (χ1) is 28.3. The number of fused-ring (bicyclic) bond motifs is 9. The Labute approximate surface area is 331 Å². The molecule has 2 heteroatoms. The Hall–Kier alpha value is -7.42. The molecule has 0 fully saturated rings. The molecule has 2 nitrogen and oxygen atoms in total. The first-order valence-corrected chi connectivity index (χ1v) is 19.8. The Morgan fingerprint density at radius 1 is 0.298 bits per heavy atom. The van der Waals surface area contributed by atoms with Crippen LogP contribution in [0.25, 0.3) is 99.5 Å². The van der Waals surface area contributed by atoms with Gasteiger partial charge in [0.15, 0.2) is 0 Å².